The SMILES string of the molecule is N#Cc1cc(-c2ncnc(Nc3ccc(N4CCN(C5COC5)CC4)cc3)n2)ccc1OC1CCN(C(=O)Cc2ccn[nH]2)CC1F. The Hall–Kier alpha value is -5.13. The molecule has 4 aromatic rings. The number of hydrogen-bond acceptors (Lipinski definition) is 11. The maximum atomic E-state index is 15.1. The van der Waals surface area contributed by atoms with Crippen molar-refractivity contribution in [1.29, 1.82) is 5.26 Å². The lowest BCUT2D eigenvalue weighted by molar-refractivity contribution is -0.134. The van der Waals surface area contributed by atoms with Crippen molar-refractivity contribution in [1.82, 2.24) is 34.9 Å². The summed E-state index contributed by atoms with van der Waals surface area (Å²) in [6.45, 7) is 6.01. The van der Waals surface area contributed by atoms with Crippen LogP contribution in [0.1, 0.15) is 17.7 Å². The summed E-state index contributed by atoms with van der Waals surface area (Å²) in [6.07, 6.45) is 1.24. The Kier molecular flexibility index (Phi) is 8.89. The minimum atomic E-state index is -1.40. The molecule has 2 N–H and O–H groups in total. The van der Waals surface area contributed by atoms with E-state index in [1.807, 2.05) is 12.1 Å². The fraction of sp³-hybridized carbons (Fsp3) is 0.394. The summed E-state index contributed by atoms with van der Waals surface area (Å²) >= 11 is 0. The fourth-order valence-electron chi connectivity index (χ4n) is 6.08. The van der Waals surface area contributed by atoms with Crippen LogP contribution in [0.25, 0.3) is 11.4 Å². The van der Waals surface area contributed by atoms with E-state index in [2.05, 4.69) is 58.5 Å². The van der Waals surface area contributed by atoms with E-state index in [-0.39, 0.29) is 30.2 Å². The van der Waals surface area contributed by atoms with Crippen LogP contribution in [0.3, 0.4) is 0 Å². The standard InChI is InChI=1S/C33H35FN10O3/c34-28-18-44(31(45)16-25-7-9-38-41-25)10-8-30(28)47-29-6-1-22(15-23(29)17-35)32-36-21-37-33(40-32)39-24-2-4-26(5-3-24)42-11-13-43(14-12-42)27-19-46-20-27/h1-7,9,15,21,27-28,30H,8,10-14,16,18-20H2,(H,38,41)(H,36,37,39,40). The molecule has 47 heavy (non-hydrogen) atoms. The van der Waals surface area contributed by atoms with E-state index in [1.165, 1.54) is 16.9 Å². The van der Waals surface area contributed by atoms with Gasteiger partial charge in [0.15, 0.2) is 12.0 Å². The molecule has 2 unspecified atom stereocenters. The van der Waals surface area contributed by atoms with Gasteiger partial charge in [-0.05, 0) is 48.5 Å². The topological polar surface area (TPSA) is 148 Å². The number of nitriles is 1. The predicted octanol–water partition coefficient (Wildman–Crippen LogP) is 2.96. The summed E-state index contributed by atoms with van der Waals surface area (Å²) < 4.78 is 26.4. The number of alkyl halides is 1. The van der Waals surface area contributed by atoms with Crippen molar-refractivity contribution in [2.24, 2.45) is 0 Å². The predicted molar refractivity (Wildman–Crippen MR) is 171 cm³/mol. The molecule has 1 amide bonds. The molecule has 3 aliphatic heterocycles. The Labute approximate surface area is 271 Å². The number of nitrogens with one attached hydrogen (secondary N) is 2. The van der Waals surface area contributed by atoms with Gasteiger partial charge in [0.25, 0.3) is 0 Å². The van der Waals surface area contributed by atoms with Crippen molar-refractivity contribution in [3.05, 3.63) is 72.3 Å². The number of benzene rings is 2. The minimum absolute atomic E-state index is 0.0749. The highest BCUT2D eigenvalue weighted by Crippen LogP contribution is 2.29. The second-order valence-corrected chi connectivity index (χ2v) is 11.9. The van der Waals surface area contributed by atoms with Crippen molar-refractivity contribution in [2.45, 2.75) is 31.2 Å². The third-order valence-corrected chi connectivity index (χ3v) is 8.88. The normalized spacial score (nSPS) is 20.3. The number of ether oxygens (including phenoxy) is 2. The zero-order valence-corrected chi connectivity index (χ0v) is 25.8. The average molecular weight is 639 g/mol. The molecule has 0 saturated carbocycles. The van der Waals surface area contributed by atoms with E-state index in [4.69, 9.17) is 9.47 Å². The lowest BCUT2D eigenvalue weighted by atomic mass is 10.0. The zero-order chi connectivity index (χ0) is 32.2. The van der Waals surface area contributed by atoms with Gasteiger partial charge in [0, 0.05) is 68.0 Å². The number of amides is 1. The van der Waals surface area contributed by atoms with Gasteiger partial charge in [0.2, 0.25) is 11.9 Å². The number of aromatic amines is 1. The van der Waals surface area contributed by atoms with E-state index < -0.39 is 12.3 Å². The second kappa shape index (κ2) is 13.7. The van der Waals surface area contributed by atoms with Crippen LogP contribution in [0.2, 0.25) is 0 Å². The molecule has 7 rings (SSSR count). The van der Waals surface area contributed by atoms with Crippen LogP contribution in [0.5, 0.6) is 5.75 Å². The average Bonchev–Trinajstić information content (AvgIpc) is 3.59. The summed E-state index contributed by atoms with van der Waals surface area (Å²) in [7, 11) is 0. The molecule has 3 fully saturated rings. The highest BCUT2D eigenvalue weighted by atomic mass is 19.1. The first-order valence-corrected chi connectivity index (χ1v) is 15.8. The summed E-state index contributed by atoms with van der Waals surface area (Å²) in [6, 6.07) is 17.6. The van der Waals surface area contributed by atoms with Gasteiger partial charge in [-0.25, -0.2) is 14.4 Å². The molecule has 0 radical (unpaired) electrons. The number of hydrogen-bond donors (Lipinski definition) is 2. The molecule has 14 heteroatoms. The monoisotopic (exact) mass is 638 g/mol. The number of carbonyl (C=O) groups excluding carboxylic acids is 1. The molecule has 2 atom stereocenters. The number of piperazine rings is 1. The van der Waals surface area contributed by atoms with Gasteiger partial charge >= 0.3 is 0 Å². The van der Waals surface area contributed by atoms with Crippen LogP contribution in [-0.2, 0) is 16.0 Å². The molecular formula is C33H35FN10O3. The number of likely N-dealkylation sites (tertiary alicyclic amines) is 1. The summed E-state index contributed by atoms with van der Waals surface area (Å²) in [5, 5.41) is 19.7. The van der Waals surface area contributed by atoms with Gasteiger partial charge in [0.05, 0.1) is 37.8 Å². The Bertz CT molecular complexity index is 1720. The first-order chi connectivity index (χ1) is 23.0. The first-order valence-electron chi connectivity index (χ1n) is 15.8. The Morgan fingerprint density at radius 3 is 2.62 bits per heavy atom. The molecule has 3 aliphatic rings. The van der Waals surface area contributed by atoms with Crippen molar-refractivity contribution in [3.8, 4) is 23.2 Å². The van der Waals surface area contributed by atoms with Crippen molar-refractivity contribution in [2.75, 3.05) is 62.7 Å². The molecule has 0 bridgehead atoms. The Morgan fingerprint density at radius 2 is 1.91 bits per heavy atom. The Balaban J connectivity index is 0.954. The van der Waals surface area contributed by atoms with E-state index in [1.54, 1.807) is 30.5 Å². The minimum Gasteiger partial charge on any atom is -0.486 e. The highest BCUT2D eigenvalue weighted by molar-refractivity contribution is 5.78. The summed E-state index contributed by atoms with van der Waals surface area (Å²) in [5.41, 5.74) is 3.52. The van der Waals surface area contributed by atoms with Crippen LogP contribution in [0, 0.1) is 11.3 Å². The number of aromatic nitrogens is 5. The highest BCUT2D eigenvalue weighted by Gasteiger charge is 2.34. The van der Waals surface area contributed by atoms with E-state index in [0.717, 1.165) is 45.1 Å². The molecular weight excluding hydrogens is 603 g/mol. The molecule has 13 nitrogen and oxygen atoms in total. The molecule has 0 aliphatic carbocycles. The number of anilines is 3. The summed E-state index contributed by atoms with van der Waals surface area (Å²) in [4.78, 5) is 32.1. The van der Waals surface area contributed by atoms with Gasteiger partial charge in [-0.1, -0.05) is 0 Å². The van der Waals surface area contributed by atoms with Gasteiger partial charge in [0.1, 0.15) is 24.3 Å². The third kappa shape index (κ3) is 7.01. The van der Waals surface area contributed by atoms with Gasteiger partial charge in [-0.2, -0.15) is 15.3 Å². The van der Waals surface area contributed by atoms with Gasteiger partial charge < -0.3 is 24.6 Å². The maximum absolute atomic E-state index is 15.1. The van der Waals surface area contributed by atoms with Gasteiger partial charge in [-0.3, -0.25) is 14.8 Å². The van der Waals surface area contributed by atoms with E-state index in [9.17, 15) is 10.1 Å². The molecule has 2 aromatic heterocycles. The Morgan fingerprint density at radius 1 is 1.09 bits per heavy atom. The van der Waals surface area contributed by atoms with Crippen molar-refractivity contribution < 1.29 is 18.7 Å². The number of halogens is 1. The van der Waals surface area contributed by atoms with Crippen LogP contribution in [0.15, 0.2) is 61.1 Å². The third-order valence-electron chi connectivity index (χ3n) is 8.88. The number of nitrogens with zero attached hydrogens (tertiary/aromatic N) is 8. The smallest absolute Gasteiger partial charge is 0.230 e. The lowest BCUT2D eigenvalue weighted by Gasteiger charge is -2.43. The molecule has 3 saturated heterocycles. The maximum Gasteiger partial charge on any atom is 0.230 e. The van der Waals surface area contributed by atoms with E-state index in [0.29, 0.717) is 42.0 Å². The van der Waals surface area contributed by atoms with Crippen LogP contribution >= 0.6 is 0 Å². The number of piperidine rings is 1. The zero-order valence-electron chi connectivity index (χ0n) is 25.8. The van der Waals surface area contributed by atoms with Crippen molar-refractivity contribution >= 4 is 23.2 Å². The van der Waals surface area contributed by atoms with Crippen LogP contribution in [-0.4, -0.2) is 112 Å². The van der Waals surface area contributed by atoms with E-state index >= 15 is 4.39 Å². The largest absolute Gasteiger partial charge is 0.486 e. The molecule has 242 valence electrons. The van der Waals surface area contributed by atoms with Gasteiger partial charge in [-0.15, -0.1) is 0 Å². The van der Waals surface area contributed by atoms with Crippen molar-refractivity contribution in [3.63, 3.8) is 0 Å². The second-order valence-electron chi connectivity index (χ2n) is 11.9. The molecule has 0 spiro atoms. The number of carbonyl (C=O) groups is 1. The van der Waals surface area contributed by atoms with Crippen LogP contribution in [0.4, 0.5) is 21.7 Å². The first kappa shape index (κ1) is 30.5. The lowest BCUT2D eigenvalue weighted by Crippen LogP contribution is -2.56. The number of H-pyrrole nitrogens is 1. The molecule has 5 heterocycles. The number of rotatable bonds is 9. The fourth-order valence-corrected chi connectivity index (χ4v) is 6.08. The molecule has 2 aromatic carbocycles. The summed E-state index contributed by atoms with van der Waals surface area (Å²) in [5.74, 6) is 0.841. The van der Waals surface area contributed by atoms with Crippen LogP contribution < -0.4 is 15.0 Å². The quantitative estimate of drug-likeness (QED) is 0.279.